The second-order valence-corrected chi connectivity index (χ2v) is 5.30. The second kappa shape index (κ2) is 4.49. The number of rotatable bonds is 4. The van der Waals surface area contributed by atoms with Crippen LogP contribution in [0.1, 0.15) is 34.9 Å². The summed E-state index contributed by atoms with van der Waals surface area (Å²) < 4.78 is 5.24. The Morgan fingerprint density at radius 2 is 2.35 bits per heavy atom. The van der Waals surface area contributed by atoms with Gasteiger partial charge < -0.3 is 4.74 Å². The molecule has 1 saturated carbocycles. The maximum atomic E-state index is 5.24. The van der Waals surface area contributed by atoms with E-state index in [2.05, 4.69) is 22.6 Å². The highest BCUT2D eigenvalue weighted by Crippen LogP contribution is 2.42. The van der Waals surface area contributed by atoms with Crippen LogP contribution < -0.4 is 4.74 Å². The molecular weight excluding hydrogens is 230 g/mol. The largest absolute Gasteiger partial charge is 0.497 e. The summed E-state index contributed by atoms with van der Waals surface area (Å²) in [6.07, 6.45) is 3.54. The molecule has 1 aliphatic carbocycles. The van der Waals surface area contributed by atoms with Gasteiger partial charge >= 0.3 is 0 Å². The molecule has 1 fully saturated rings. The van der Waals surface area contributed by atoms with Crippen LogP contribution in [0.5, 0.6) is 5.75 Å². The quantitative estimate of drug-likeness (QED) is 0.822. The summed E-state index contributed by atoms with van der Waals surface area (Å²) in [5.41, 5.74) is 5.59. The first-order valence-corrected chi connectivity index (χ1v) is 6.67. The molecule has 17 heavy (non-hydrogen) atoms. The van der Waals surface area contributed by atoms with E-state index in [9.17, 15) is 0 Å². The summed E-state index contributed by atoms with van der Waals surface area (Å²) in [5, 5.41) is 0. The zero-order chi connectivity index (χ0) is 11.7. The molecule has 87 valence electrons. The summed E-state index contributed by atoms with van der Waals surface area (Å²) in [7, 11) is 1.70. The highest BCUT2D eigenvalue weighted by atomic mass is 32.1. The lowest BCUT2D eigenvalue weighted by molar-refractivity contribution is 0.414. The van der Waals surface area contributed by atoms with Crippen molar-refractivity contribution < 1.29 is 4.74 Å². The SMILES string of the molecule is COc1cccc(Cc2s[c]nc2C2CC2)c1. The van der Waals surface area contributed by atoms with Crippen LogP contribution in [0.4, 0.5) is 0 Å². The average Bonchev–Trinajstić information content (AvgIpc) is 3.11. The van der Waals surface area contributed by atoms with Crippen LogP contribution in [0.2, 0.25) is 0 Å². The van der Waals surface area contributed by atoms with Gasteiger partial charge in [-0.2, -0.15) is 0 Å². The third-order valence-corrected chi connectivity index (χ3v) is 3.87. The van der Waals surface area contributed by atoms with Gasteiger partial charge in [-0.3, -0.25) is 0 Å². The van der Waals surface area contributed by atoms with Gasteiger partial charge in [0.05, 0.1) is 12.8 Å². The second-order valence-electron chi connectivity index (χ2n) is 4.42. The maximum Gasteiger partial charge on any atom is 0.152 e. The van der Waals surface area contributed by atoms with Gasteiger partial charge in [-0.1, -0.05) is 12.1 Å². The average molecular weight is 244 g/mol. The Hall–Kier alpha value is -1.35. The Bertz CT molecular complexity index is 516. The molecule has 0 aliphatic heterocycles. The van der Waals surface area contributed by atoms with Gasteiger partial charge in [-0.05, 0) is 30.5 Å². The van der Waals surface area contributed by atoms with Crippen molar-refractivity contribution in [3.63, 3.8) is 0 Å². The molecule has 0 unspecified atom stereocenters. The lowest BCUT2D eigenvalue weighted by atomic mass is 10.1. The molecular formula is C14H14NOS. The van der Waals surface area contributed by atoms with Crippen LogP contribution in [0, 0.1) is 5.51 Å². The Labute approximate surface area is 105 Å². The van der Waals surface area contributed by atoms with E-state index in [1.165, 1.54) is 29.0 Å². The minimum absolute atomic E-state index is 0.707. The van der Waals surface area contributed by atoms with Crippen molar-refractivity contribution >= 4 is 11.3 Å². The molecule has 1 aliphatic rings. The van der Waals surface area contributed by atoms with Gasteiger partial charge in [-0.25, -0.2) is 4.98 Å². The number of nitrogens with zero attached hydrogens (tertiary/aromatic N) is 1. The van der Waals surface area contributed by atoms with Crippen molar-refractivity contribution in [2.24, 2.45) is 0 Å². The summed E-state index contributed by atoms with van der Waals surface area (Å²) >= 11 is 1.65. The van der Waals surface area contributed by atoms with E-state index in [1.54, 1.807) is 18.4 Å². The van der Waals surface area contributed by atoms with Crippen LogP contribution in [0.15, 0.2) is 24.3 Å². The molecule has 0 atom stereocenters. The fourth-order valence-corrected chi connectivity index (χ4v) is 2.82. The molecule has 1 aromatic carbocycles. The standard InChI is InChI=1S/C14H14NOS/c1-16-12-4-2-3-10(7-12)8-13-14(11-5-6-11)15-9-17-13/h2-4,7,11H,5-6,8H2,1H3. The van der Waals surface area contributed by atoms with Crippen molar-refractivity contribution in [3.05, 3.63) is 45.9 Å². The van der Waals surface area contributed by atoms with E-state index in [0.717, 1.165) is 12.2 Å². The monoisotopic (exact) mass is 244 g/mol. The van der Waals surface area contributed by atoms with E-state index in [-0.39, 0.29) is 0 Å². The molecule has 2 nitrogen and oxygen atoms in total. The van der Waals surface area contributed by atoms with E-state index in [1.807, 2.05) is 12.1 Å². The molecule has 0 amide bonds. The van der Waals surface area contributed by atoms with E-state index < -0.39 is 0 Å². The number of thiazole rings is 1. The minimum Gasteiger partial charge on any atom is -0.497 e. The minimum atomic E-state index is 0.707. The van der Waals surface area contributed by atoms with Crippen molar-refractivity contribution in [2.75, 3.05) is 7.11 Å². The molecule has 0 bridgehead atoms. The summed E-state index contributed by atoms with van der Waals surface area (Å²) in [5.74, 6) is 1.63. The lowest BCUT2D eigenvalue weighted by Crippen LogP contribution is -1.92. The Balaban J connectivity index is 1.83. The van der Waals surface area contributed by atoms with Gasteiger partial charge in [0.15, 0.2) is 5.51 Å². The Morgan fingerprint density at radius 3 is 3.12 bits per heavy atom. The number of benzene rings is 1. The van der Waals surface area contributed by atoms with Crippen LogP contribution in [-0.2, 0) is 6.42 Å². The molecule has 3 rings (SSSR count). The van der Waals surface area contributed by atoms with Gasteiger partial charge in [0.25, 0.3) is 0 Å². The normalized spacial score (nSPS) is 14.9. The van der Waals surface area contributed by atoms with Gasteiger partial charge in [0.2, 0.25) is 0 Å². The lowest BCUT2D eigenvalue weighted by Gasteiger charge is -2.04. The molecule has 2 aromatic rings. The fraction of sp³-hybridized carbons (Fsp3) is 0.357. The number of hydrogen-bond donors (Lipinski definition) is 0. The number of methoxy groups -OCH3 is 1. The zero-order valence-corrected chi connectivity index (χ0v) is 10.6. The topological polar surface area (TPSA) is 22.1 Å². The highest BCUT2D eigenvalue weighted by Gasteiger charge is 2.28. The first-order valence-electron chi connectivity index (χ1n) is 5.85. The molecule has 3 heteroatoms. The van der Waals surface area contributed by atoms with Crippen LogP contribution in [-0.4, -0.2) is 12.1 Å². The van der Waals surface area contributed by atoms with Gasteiger partial charge in [0.1, 0.15) is 5.75 Å². The number of aromatic nitrogens is 1. The van der Waals surface area contributed by atoms with Crippen LogP contribution in [0.25, 0.3) is 0 Å². The van der Waals surface area contributed by atoms with Crippen molar-refractivity contribution in [1.82, 2.24) is 4.98 Å². The predicted octanol–water partition coefficient (Wildman–Crippen LogP) is 3.42. The smallest absolute Gasteiger partial charge is 0.152 e. The van der Waals surface area contributed by atoms with E-state index in [0.29, 0.717) is 5.92 Å². The third-order valence-electron chi connectivity index (χ3n) is 3.08. The first-order chi connectivity index (χ1) is 8.36. The molecule has 1 radical (unpaired) electrons. The molecule has 1 heterocycles. The number of hydrogen-bond acceptors (Lipinski definition) is 3. The van der Waals surface area contributed by atoms with Crippen LogP contribution in [0.3, 0.4) is 0 Å². The highest BCUT2D eigenvalue weighted by molar-refractivity contribution is 7.09. The summed E-state index contributed by atoms with van der Waals surface area (Å²) in [4.78, 5) is 5.74. The van der Waals surface area contributed by atoms with Gasteiger partial charge in [0, 0.05) is 17.2 Å². The summed E-state index contributed by atoms with van der Waals surface area (Å²) in [6.45, 7) is 0. The maximum absolute atomic E-state index is 5.24. The molecule has 0 spiro atoms. The Kier molecular flexibility index (Phi) is 2.85. The van der Waals surface area contributed by atoms with E-state index >= 15 is 0 Å². The molecule has 0 N–H and O–H groups in total. The zero-order valence-electron chi connectivity index (χ0n) is 9.77. The predicted molar refractivity (Wildman–Crippen MR) is 68.7 cm³/mol. The van der Waals surface area contributed by atoms with Crippen molar-refractivity contribution in [2.45, 2.75) is 25.2 Å². The van der Waals surface area contributed by atoms with Gasteiger partial charge in [-0.15, -0.1) is 11.3 Å². The van der Waals surface area contributed by atoms with Crippen LogP contribution >= 0.6 is 11.3 Å². The van der Waals surface area contributed by atoms with E-state index in [4.69, 9.17) is 4.74 Å². The third kappa shape index (κ3) is 2.34. The Morgan fingerprint density at radius 1 is 1.47 bits per heavy atom. The molecule has 1 aromatic heterocycles. The first kappa shape index (κ1) is 10.8. The summed E-state index contributed by atoms with van der Waals surface area (Å²) in [6, 6.07) is 8.25. The van der Waals surface area contributed by atoms with Crippen molar-refractivity contribution in [1.29, 1.82) is 0 Å². The van der Waals surface area contributed by atoms with Crippen molar-refractivity contribution in [3.8, 4) is 5.75 Å². The molecule has 0 saturated heterocycles. The number of ether oxygens (including phenoxy) is 1. The fourth-order valence-electron chi connectivity index (χ4n) is 2.01.